The van der Waals surface area contributed by atoms with Gasteiger partial charge in [0, 0.05) is 38.1 Å². The number of non-ortho nitro benzene ring substituents is 1. The fourth-order valence-electron chi connectivity index (χ4n) is 3.36. The zero-order valence-corrected chi connectivity index (χ0v) is 16.8. The average Bonchev–Trinajstić information content (AvgIpc) is 2.70. The van der Waals surface area contributed by atoms with E-state index in [1.807, 2.05) is 6.08 Å². The van der Waals surface area contributed by atoms with Gasteiger partial charge in [0.05, 0.1) is 30.1 Å². The molecule has 164 valence electrons. The van der Waals surface area contributed by atoms with E-state index in [4.69, 9.17) is 9.84 Å². The van der Waals surface area contributed by atoms with Gasteiger partial charge in [0.25, 0.3) is 5.69 Å². The first-order valence-electron chi connectivity index (χ1n) is 10.1. The van der Waals surface area contributed by atoms with Crippen molar-refractivity contribution in [2.45, 2.75) is 50.7 Å². The Kier molecular flexibility index (Phi) is 9.43. The van der Waals surface area contributed by atoms with Crippen molar-refractivity contribution in [1.29, 1.82) is 0 Å². The number of nitro groups is 1. The lowest BCUT2D eigenvalue weighted by atomic mass is 9.99. The van der Waals surface area contributed by atoms with Crippen LogP contribution in [0.2, 0.25) is 0 Å². The van der Waals surface area contributed by atoms with Crippen molar-refractivity contribution < 1.29 is 29.5 Å². The third-order valence-electron chi connectivity index (χ3n) is 4.91. The number of nitrogens with zero attached hydrogens (tertiary/aromatic N) is 2. The number of ether oxygens (including phenoxy) is 1. The quantitative estimate of drug-likeness (QED) is 0.230. The fourth-order valence-corrected chi connectivity index (χ4v) is 3.36. The van der Waals surface area contributed by atoms with Gasteiger partial charge in [-0.05, 0) is 24.8 Å². The molecule has 1 aliphatic heterocycles. The molecule has 2 rings (SSSR count). The van der Waals surface area contributed by atoms with Crippen molar-refractivity contribution in [2.24, 2.45) is 0 Å². The van der Waals surface area contributed by atoms with Crippen LogP contribution in [-0.2, 0) is 20.7 Å². The first-order chi connectivity index (χ1) is 14.4. The number of carbonyl (C=O) groups excluding carboxylic acids is 1. The SMILES string of the molecule is O=C(O)CCOCCCN1C(=O)CCC[C@@H]1/C=C/C(O)Cc1ccc([N+](=O)[O-])cc1. The lowest BCUT2D eigenvalue weighted by molar-refractivity contribution is -0.384. The molecule has 2 N–H and O–H groups in total. The molecule has 1 amide bonds. The van der Waals surface area contributed by atoms with E-state index in [1.165, 1.54) is 12.1 Å². The highest BCUT2D eigenvalue weighted by atomic mass is 16.6. The summed E-state index contributed by atoms with van der Waals surface area (Å²) >= 11 is 0. The zero-order chi connectivity index (χ0) is 21.9. The zero-order valence-electron chi connectivity index (χ0n) is 16.8. The number of carboxylic acid groups (broad SMARTS) is 1. The first kappa shape index (κ1) is 23.5. The lowest BCUT2D eigenvalue weighted by Crippen LogP contribution is -2.43. The molecule has 0 aliphatic carbocycles. The predicted octanol–water partition coefficient (Wildman–Crippen LogP) is 2.32. The van der Waals surface area contributed by atoms with Crippen molar-refractivity contribution in [3.05, 3.63) is 52.1 Å². The molecule has 1 aromatic rings. The summed E-state index contributed by atoms with van der Waals surface area (Å²) in [5, 5.41) is 29.6. The van der Waals surface area contributed by atoms with Gasteiger partial charge in [-0.1, -0.05) is 24.3 Å². The number of aliphatic hydroxyl groups excluding tert-OH is 1. The molecule has 1 aromatic carbocycles. The molecule has 1 unspecified atom stereocenters. The Bertz CT molecular complexity index is 748. The predicted molar refractivity (Wildman–Crippen MR) is 109 cm³/mol. The van der Waals surface area contributed by atoms with Crippen molar-refractivity contribution in [3.8, 4) is 0 Å². The van der Waals surface area contributed by atoms with Gasteiger partial charge in [-0.3, -0.25) is 19.7 Å². The van der Waals surface area contributed by atoms with E-state index in [0.717, 1.165) is 18.4 Å². The summed E-state index contributed by atoms with van der Waals surface area (Å²) in [6.45, 7) is 1.05. The van der Waals surface area contributed by atoms with E-state index in [1.54, 1.807) is 23.1 Å². The van der Waals surface area contributed by atoms with Crippen LogP contribution in [0.3, 0.4) is 0 Å². The second-order valence-electron chi connectivity index (χ2n) is 7.24. The van der Waals surface area contributed by atoms with Crippen LogP contribution in [-0.4, -0.2) is 63.8 Å². The fraction of sp³-hybridized carbons (Fsp3) is 0.524. The number of carboxylic acids is 1. The van der Waals surface area contributed by atoms with Crippen LogP contribution in [0.5, 0.6) is 0 Å². The van der Waals surface area contributed by atoms with Crippen molar-refractivity contribution in [3.63, 3.8) is 0 Å². The Labute approximate surface area is 175 Å². The highest BCUT2D eigenvalue weighted by Gasteiger charge is 2.25. The molecule has 0 saturated carbocycles. The van der Waals surface area contributed by atoms with Crippen LogP contribution in [0, 0.1) is 10.1 Å². The molecule has 1 heterocycles. The molecule has 0 spiro atoms. The van der Waals surface area contributed by atoms with Gasteiger partial charge in [-0.15, -0.1) is 0 Å². The summed E-state index contributed by atoms with van der Waals surface area (Å²) in [6, 6.07) is 5.96. The highest BCUT2D eigenvalue weighted by molar-refractivity contribution is 5.77. The number of carbonyl (C=O) groups is 2. The monoisotopic (exact) mass is 420 g/mol. The number of hydrogen-bond acceptors (Lipinski definition) is 6. The molecule has 1 saturated heterocycles. The van der Waals surface area contributed by atoms with E-state index < -0.39 is 17.0 Å². The van der Waals surface area contributed by atoms with Gasteiger partial charge in [-0.25, -0.2) is 0 Å². The summed E-state index contributed by atoms with van der Waals surface area (Å²) < 4.78 is 5.27. The molecule has 0 radical (unpaired) electrons. The Morgan fingerprint density at radius 2 is 2.07 bits per heavy atom. The Hall–Kier alpha value is -2.78. The van der Waals surface area contributed by atoms with E-state index in [-0.39, 0.29) is 30.7 Å². The van der Waals surface area contributed by atoms with Gasteiger partial charge in [-0.2, -0.15) is 0 Å². The smallest absolute Gasteiger partial charge is 0.305 e. The molecule has 1 aliphatic rings. The van der Waals surface area contributed by atoms with E-state index >= 15 is 0 Å². The number of amides is 1. The summed E-state index contributed by atoms with van der Waals surface area (Å²) in [5.74, 6) is -0.843. The first-order valence-corrected chi connectivity index (χ1v) is 10.1. The second-order valence-corrected chi connectivity index (χ2v) is 7.24. The summed E-state index contributed by atoms with van der Waals surface area (Å²) in [4.78, 5) is 34.8. The minimum atomic E-state index is -0.904. The Balaban J connectivity index is 1.83. The van der Waals surface area contributed by atoms with Crippen LogP contribution in [0.4, 0.5) is 5.69 Å². The van der Waals surface area contributed by atoms with E-state index in [2.05, 4.69) is 0 Å². The highest BCUT2D eigenvalue weighted by Crippen LogP contribution is 2.20. The maximum Gasteiger partial charge on any atom is 0.305 e. The third kappa shape index (κ3) is 7.92. The van der Waals surface area contributed by atoms with E-state index in [0.29, 0.717) is 32.4 Å². The molecule has 9 nitrogen and oxygen atoms in total. The maximum atomic E-state index is 12.3. The number of likely N-dealkylation sites (tertiary alicyclic amines) is 1. The van der Waals surface area contributed by atoms with Crippen LogP contribution in [0.1, 0.15) is 37.7 Å². The Morgan fingerprint density at radius 3 is 2.73 bits per heavy atom. The van der Waals surface area contributed by atoms with Gasteiger partial charge < -0.3 is 19.8 Å². The standard InChI is InChI=1S/C21H28N2O7/c24-19(15-16-5-7-18(8-6-16)23(28)29)10-9-17-3-1-4-20(25)22(17)12-2-13-30-14-11-21(26)27/h5-10,17,19,24H,1-4,11-15H2,(H,26,27)/b10-9+/t17-,19?/m1/s1. The van der Waals surface area contributed by atoms with Crippen molar-refractivity contribution >= 4 is 17.6 Å². The van der Waals surface area contributed by atoms with Crippen LogP contribution >= 0.6 is 0 Å². The number of hydrogen-bond donors (Lipinski definition) is 2. The van der Waals surface area contributed by atoms with Crippen LogP contribution in [0.15, 0.2) is 36.4 Å². The minimum absolute atomic E-state index is 0.00656. The van der Waals surface area contributed by atoms with Gasteiger partial charge in [0.1, 0.15) is 0 Å². The number of benzene rings is 1. The molecule has 0 bridgehead atoms. The summed E-state index contributed by atoms with van der Waals surface area (Å²) in [7, 11) is 0. The second kappa shape index (κ2) is 12.0. The number of rotatable bonds is 12. The summed E-state index contributed by atoms with van der Waals surface area (Å²) in [6.07, 6.45) is 5.75. The number of piperidine rings is 1. The van der Waals surface area contributed by atoms with Crippen LogP contribution in [0.25, 0.3) is 0 Å². The van der Waals surface area contributed by atoms with Crippen molar-refractivity contribution in [1.82, 2.24) is 4.90 Å². The lowest BCUT2D eigenvalue weighted by Gasteiger charge is -2.34. The largest absolute Gasteiger partial charge is 0.481 e. The molecular formula is C21H28N2O7. The molecule has 30 heavy (non-hydrogen) atoms. The third-order valence-corrected chi connectivity index (χ3v) is 4.91. The minimum Gasteiger partial charge on any atom is -0.481 e. The Morgan fingerprint density at radius 1 is 1.33 bits per heavy atom. The number of aliphatic carboxylic acids is 1. The van der Waals surface area contributed by atoms with Gasteiger partial charge >= 0.3 is 5.97 Å². The van der Waals surface area contributed by atoms with Crippen molar-refractivity contribution in [2.75, 3.05) is 19.8 Å². The topological polar surface area (TPSA) is 130 Å². The maximum absolute atomic E-state index is 12.3. The molecule has 0 aromatic heterocycles. The molecule has 1 fully saturated rings. The van der Waals surface area contributed by atoms with Gasteiger partial charge in [0.15, 0.2) is 0 Å². The number of aliphatic hydroxyl groups is 1. The van der Waals surface area contributed by atoms with E-state index in [9.17, 15) is 24.8 Å². The number of nitro benzene ring substituents is 1. The summed E-state index contributed by atoms with van der Waals surface area (Å²) in [5.41, 5.74) is 0.792. The molecular weight excluding hydrogens is 392 g/mol. The normalized spacial score (nSPS) is 18.0. The van der Waals surface area contributed by atoms with Gasteiger partial charge in [0.2, 0.25) is 5.91 Å². The average molecular weight is 420 g/mol. The molecule has 2 atom stereocenters. The van der Waals surface area contributed by atoms with Crippen LogP contribution < -0.4 is 0 Å². The molecule has 9 heteroatoms.